The Morgan fingerprint density at radius 3 is 2.91 bits per heavy atom. The van der Waals surface area contributed by atoms with Crippen LogP contribution >= 0.6 is 8.37 Å². The Kier molecular flexibility index (Phi) is 2.97. The van der Waals surface area contributed by atoms with Gasteiger partial charge in [0.2, 0.25) is 0 Å². The summed E-state index contributed by atoms with van der Waals surface area (Å²) in [6.45, 7) is 1.37. The van der Waals surface area contributed by atoms with Crippen molar-refractivity contribution in [2.24, 2.45) is 5.92 Å². The molecule has 0 aromatic rings. The van der Waals surface area contributed by atoms with Crippen LogP contribution < -0.4 is 5.32 Å². The Bertz CT molecular complexity index is 174. The SMILES string of the molecule is N=PC1CCNCC1C(=O)O. The fourth-order valence-electron chi connectivity index (χ4n) is 1.25. The summed E-state index contributed by atoms with van der Waals surface area (Å²) in [6, 6.07) is 0. The zero-order valence-electron chi connectivity index (χ0n) is 6.08. The minimum absolute atomic E-state index is 0.0220. The lowest BCUT2D eigenvalue weighted by Gasteiger charge is -2.24. The lowest BCUT2D eigenvalue weighted by atomic mass is 9.99. The smallest absolute Gasteiger partial charge is 0.308 e. The molecule has 0 aliphatic carbocycles. The van der Waals surface area contributed by atoms with Gasteiger partial charge >= 0.3 is 5.97 Å². The number of carboxylic acids is 1. The molecule has 1 fully saturated rings. The van der Waals surface area contributed by atoms with Crippen molar-refractivity contribution in [2.45, 2.75) is 12.1 Å². The standard InChI is InChI=1S/C6H11N2O2P/c7-11-5-1-2-8-3-4(5)6(9)10/h4-5,7-8H,1-3H2,(H,9,10). The number of rotatable bonds is 2. The first-order valence-corrected chi connectivity index (χ1v) is 4.52. The number of piperidine rings is 1. The average molecular weight is 174 g/mol. The molecule has 2 atom stereocenters. The Labute approximate surface area is 66.7 Å². The minimum atomic E-state index is -0.776. The first kappa shape index (κ1) is 8.62. The molecule has 0 radical (unpaired) electrons. The molecule has 1 rings (SSSR count). The lowest BCUT2D eigenvalue weighted by Crippen LogP contribution is -2.41. The fourth-order valence-corrected chi connectivity index (χ4v) is 1.92. The summed E-state index contributed by atoms with van der Waals surface area (Å²) in [7, 11) is 0.460. The third kappa shape index (κ3) is 1.98. The van der Waals surface area contributed by atoms with Crippen LogP contribution in [0.3, 0.4) is 0 Å². The maximum absolute atomic E-state index is 10.6. The summed E-state index contributed by atoms with van der Waals surface area (Å²) in [5.74, 6) is -1.13. The van der Waals surface area contributed by atoms with Gasteiger partial charge in [-0.2, -0.15) is 0 Å². The van der Waals surface area contributed by atoms with Crippen LogP contribution in [0.4, 0.5) is 0 Å². The van der Waals surface area contributed by atoms with Crippen molar-refractivity contribution < 1.29 is 9.90 Å². The van der Waals surface area contributed by atoms with Crippen LogP contribution in [-0.4, -0.2) is 29.8 Å². The fraction of sp³-hybridized carbons (Fsp3) is 0.833. The van der Waals surface area contributed by atoms with Crippen molar-refractivity contribution in [2.75, 3.05) is 13.1 Å². The van der Waals surface area contributed by atoms with Crippen LogP contribution in [0.15, 0.2) is 0 Å². The summed E-state index contributed by atoms with van der Waals surface area (Å²) in [5.41, 5.74) is 0.0220. The topological polar surface area (TPSA) is 73.2 Å². The largest absolute Gasteiger partial charge is 0.481 e. The van der Waals surface area contributed by atoms with Gasteiger partial charge in [-0.05, 0) is 13.0 Å². The number of carbonyl (C=O) groups is 1. The van der Waals surface area contributed by atoms with Crippen molar-refractivity contribution in [3.63, 3.8) is 0 Å². The van der Waals surface area contributed by atoms with Crippen LogP contribution in [0.1, 0.15) is 6.42 Å². The van der Waals surface area contributed by atoms with Crippen LogP contribution in [-0.2, 0) is 4.79 Å². The highest BCUT2D eigenvalue weighted by Crippen LogP contribution is 2.23. The number of aliphatic carboxylic acids is 1. The van der Waals surface area contributed by atoms with E-state index in [1.165, 1.54) is 0 Å². The third-order valence-electron chi connectivity index (χ3n) is 1.93. The van der Waals surface area contributed by atoms with Gasteiger partial charge in [-0.15, -0.1) is 0 Å². The van der Waals surface area contributed by atoms with Gasteiger partial charge in [0.25, 0.3) is 0 Å². The average Bonchev–Trinajstić information content (AvgIpc) is 2.04. The highest BCUT2D eigenvalue weighted by molar-refractivity contribution is 7.26. The summed E-state index contributed by atoms with van der Waals surface area (Å²) in [6.07, 6.45) is 0.808. The molecule has 62 valence electrons. The predicted octanol–water partition coefficient (Wildman–Crippen LogP) is 0.758. The first-order chi connectivity index (χ1) is 5.25. The zero-order chi connectivity index (χ0) is 8.27. The molecule has 0 aromatic heterocycles. The van der Waals surface area contributed by atoms with Gasteiger partial charge in [-0.3, -0.25) is 9.96 Å². The molecule has 3 N–H and O–H groups in total. The summed E-state index contributed by atoms with van der Waals surface area (Å²) in [5, 5.41) is 18.8. The monoisotopic (exact) mass is 174 g/mol. The van der Waals surface area contributed by atoms with Gasteiger partial charge in [-0.25, -0.2) is 0 Å². The van der Waals surface area contributed by atoms with Gasteiger partial charge in [0.15, 0.2) is 0 Å². The van der Waals surface area contributed by atoms with E-state index in [4.69, 9.17) is 10.3 Å². The normalized spacial score (nSPS) is 32.0. The van der Waals surface area contributed by atoms with Crippen LogP contribution in [0.2, 0.25) is 0 Å². The van der Waals surface area contributed by atoms with E-state index in [0.717, 1.165) is 13.0 Å². The Morgan fingerprint density at radius 1 is 1.73 bits per heavy atom. The van der Waals surface area contributed by atoms with E-state index in [0.29, 0.717) is 14.9 Å². The minimum Gasteiger partial charge on any atom is -0.481 e. The van der Waals surface area contributed by atoms with Gasteiger partial charge in [0.1, 0.15) is 0 Å². The van der Waals surface area contributed by atoms with E-state index < -0.39 is 5.97 Å². The molecule has 2 unspecified atom stereocenters. The van der Waals surface area contributed by atoms with Gasteiger partial charge in [-0.1, -0.05) is 0 Å². The van der Waals surface area contributed by atoms with Crippen LogP contribution in [0.5, 0.6) is 0 Å². The molecule has 0 spiro atoms. The summed E-state index contributed by atoms with van der Waals surface area (Å²) < 4.78 is 0. The van der Waals surface area contributed by atoms with Gasteiger partial charge < -0.3 is 10.4 Å². The Morgan fingerprint density at radius 2 is 2.45 bits per heavy atom. The second kappa shape index (κ2) is 3.79. The number of carboxylic acid groups (broad SMARTS) is 1. The molecular weight excluding hydrogens is 163 g/mol. The highest BCUT2D eigenvalue weighted by Gasteiger charge is 2.29. The lowest BCUT2D eigenvalue weighted by molar-refractivity contribution is -0.142. The highest BCUT2D eigenvalue weighted by atomic mass is 31.1. The second-order valence-electron chi connectivity index (χ2n) is 2.63. The van der Waals surface area contributed by atoms with Crippen molar-refractivity contribution in [3.8, 4) is 0 Å². The molecule has 1 heterocycles. The first-order valence-electron chi connectivity index (χ1n) is 3.56. The van der Waals surface area contributed by atoms with Gasteiger partial charge in [0.05, 0.1) is 5.92 Å². The molecule has 1 aliphatic heterocycles. The molecule has 11 heavy (non-hydrogen) atoms. The molecule has 4 nitrogen and oxygen atoms in total. The predicted molar refractivity (Wildman–Crippen MR) is 42.0 cm³/mol. The van der Waals surface area contributed by atoms with E-state index in [1.807, 2.05) is 0 Å². The quantitative estimate of drug-likeness (QED) is 0.541. The van der Waals surface area contributed by atoms with Crippen molar-refractivity contribution in [1.29, 1.82) is 5.16 Å². The Hall–Kier alpha value is -0.470. The van der Waals surface area contributed by atoms with E-state index in [1.54, 1.807) is 0 Å². The maximum Gasteiger partial charge on any atom is 0.308 e. The molecule has 5 heteroatoms. The zero-order valence-corrected chi connectivity index (χ0v) is 6.97. The second-order valence-corrected chi connectivity index (χ2v) is 3.56. The Balaban J connectivity index is 2.58. The number of hydrogen-bond donors (Lipinski definition) is 3. The van der Waals surface area contributed by atoms with E-state index in [-0.39, 0.29) is 11.6 Å². The molecule has 1 saturated heterocycles. The molecule has 0 amide bonds. The van der Waals surface area contributed by atoms with Gasteiger partial charge in [0, 0.05) is 20.6 Å². The molecular formula is C6H11N2O2P. The van der Waals surface area contributed by atoms with E-state index >= 15 is 0 Å². The third-order valence-corrected chi connectivity index (χ3v) is 2.88. The van der Waals surface area contributed by atoms with Crippen molar-refractivity contribution in [3.05, 3.63) is 0 Å². The van der Waals surface area contributed by atoms with Crippen molar-refractivity contribution >= 4 is 14.3 Å². The van der Waals surface area contributed by atoms with Crippen molar-refractivity contribution in [1.82, 2.24) is 5.32 Å². The van der Waals surface area contributed by atoms with E-state index in [2.05, 4.69) is 5.32 Å². The summed E-state index contributed by atoms with van der Waals surface area (Å²) >= 11 is 0. The number of nitrogens with one attached hydrogen (secondary N) is 2. The molecule has 0 aromatic carbocycles. The van der Waals surface area contributed by atoms with Crippen LogP contribution in [0, 0.1) is 11.1 Å². The maximum atomic E-state index is 10.6. The number of hydrogen-bond acceptors (Lipinski definition) is 3. The summed E-state index contributed by atoms with van der Waals surface area (Å²) in [4.78, 5) is 10.6. The van der Waals surface area contributed by atoms with E-state index in [9.17, 15) is 4.79 Å². The molecule has 0 bridgehead atoms. The van der Waals surface area contributed by atoms with Crippen LogP contribution in [0.25, 0.3) is 0 Å². The molecule has 1 aliphatic rings. The molecule has 0 saturated carbocycles.